The Labute approximate surface area is 234 Å². The molecule has 0 bridgehead atoms. The highest BCUT2D eigenvalue weighted by atomic mass is 16.5. The summed E-state index contributed by atoms with van der Waals surface area (Å²) in [6, 6.07) is 13.2. The van der Waals surface area contributed by atoms with Crippen molar-refractivity contribution in [2.45, 2.75) is 64.2 Å². The molecule has 0 unspecified atom stereocenters. The van der Waals surface area contributed by atoms with Gasteiger partial charge < -0.3 is 24.8 Å². The summed E-state index contributed by atoms with van der Waals surface area (Å²) < 4.78 is 11.9. The van der Waals surface area contributed by atoms with Crippen molar-refractivity contribution < 1.29 is 29.6 Å². The number of benzene rings is 2. The highest BCUT2D eigenvalue weighted by Gasteiger charge is 2.20. The summed E-state index contributed by atoms with van der Waals surface area (Å²) in [6.07, 6.45) is 14.6. The SMILES string of the molecule is N#CC(C#N)=C1C=C(/C=C/c2ccc(O)cc2OCCCCCCCCCCCC(=O)O)Oc2ccc(O)cc21. The molecule has 2 aromatic rings. The van der Waals surface area contributed by atoms with Crippen LogP contribution in [0.2, 0.25) is 0 Å². The lowest BCUT2D eigenvalue weighted by Gasteiger charge is -2.19. The second-order valence-corrected chi connectivity index (χ2v) is 9.57. The predicted molar refractivity (Wildman–Crippen MR) is 151 cm³/mol. The highest BCUT2D eigenvalue weighted by molar-refractivity contribution is 5.87. The van der Waals surface area contributed by atoms with Crippen LogP contribution in [0.1, 0.15) is 75.3 Å². The van der Waals surface area contributed by atoms with Crippen molar-refractivity contribution in [3.8, 4) is 35.1 Å². The minimum atomic E-state index is -0.724. The van der Waals surface area contributed by atoms with Gasteiger partial charge in [0.15, 0.2) is 0 Å². The summed E-state index contributed by atoms with van der Waals surface area (Å²) in [5.74, 6) is 0.715. The Morgan fingerprint density at radius 2 is 1.48 bits per heavy atom. The molecule has 3 rings (SSSR count). The Balaban J connectivity index is 1.54. The van der Waals surface area contributed by atoms with Crippen LogP contribution in [-0.4, -0.2) is 27.9 Å². The standard InChI is InChI=1S/C32H34N2O6/c33-21-24(22-34)28-20-27(40-30-16-14-25(35)18-29(28)30)15-12-23-11-13-26(36)19-31(23)39-17-9-7-5-3-1-2-4-6-8-10-32(37)38/h11-16,18-20,35-36H,1-10,17H2,(H,37,38)/b15-12+. The minimum Gasteiger partial charge on any atom is -0.508 e. The van der Waals surface area contributed by atoms with Crippen LogP contribution in [0.25, 0.3) is 11.6 Å². The predicted octanol–water partition coefficient (Wildman–Crippen LogP) is 7.25. The minimum absolute atomic E-state index is 0.00156. The number of nitrogens with zero attached hydrogens (tertiary/aromatic N) is 2. The number of phenols is 2. The van der Waals surface area contributed by atoms with Gasteiger partial charge in [-0.25, -0.2) is 0 Å². The van der Waals surface area contributed by atoms with Crippen LogP contribution in [0.5, 0.6) is 23.0 Å². The van der Waals surface area contributed by atoms with Crippen molar-refractivity contribution in [2.75, 3.05) is 6.61 Å². The van der Waals surface area contributed by atoms with Gasteiger partial charge in [-0.3, -0.25) is 4.79 Å². The molecule has 0 atom stereocenters. The number of nitriles is 2. The highest BCUT2D eigenvalue weighted by Crippen LogP contribution is 2.38. The Hall–Kier alpha value is -4.69. The largest absolute Gasteiger partial charge is 0.508 e. The monoisotopic (exact) mass is 542 g/mol. The van der Waals surface area contributed by atoms with Crippen LogP contribution in [0.15, 0.2) is 59.9 Å². The molecule has 1 heterocycles. The number of carboxylic acid groups (broad SMARTS) is 1. The maximum Gasteiger partial charge on any atom is 0.303 e. The average Bonchev–Trinajstić information content (AvgIpc) is 2.93. The van der Waals surface area contributed by atoms with E-state index in [0.717, 1.165) is 63.4 Å². The average molecular weight is 543 g/mol. The van der Waals surface area contributed by atoms with E-state index in [2.05, 4.69) is 0 Å². The molecular formula is C32H34N2O6. The zero-order valence-corrected chi connectivity index (χ0v) is 22.4. The van der Waals surface area contributed by atoms with Gasteiger partial charge >= 0.3 is 5.97 Å². The van der Waals surface area contributed by atoms with Gasteiger partial charge in [0.25, 0.3) is 0 Å². The van der Waals surface area contributed by atoms with Gasteiger partial charge in [-0.2, -0.15) is 10.5 Å². The molecule has 208 valence electrons. The van der Waals surface area contributed by atoms with Crippen molar-refractivity contribution in [1.29, 1.82) is 10.5 Å². The zero-order chi connectivity index (χ0) is 28.7. The molecule has 1 aliphatic heterocycles. The molecular weight excluding hydrogens is 508 g/mol. The number of hydrogen-bond donors (Lipinski definition) is 3. The van der Waals surface area contributed by atoms with Gasteiger partial charge in [-0.1, -0.05) is 44.9 Å². The van der Waals surface area contributed by atoms with E-state index in [4.69, 9.17) is 14.6 Å². The number of carbonyl (C=O) groups is 1. The third-order valence-electron chi connectivity index (χ3n) is 6.48. The topological polar surface area (TPSA) is 144 Å². The van der Waals surface area contributed by atoms with Crippen LogP contribution in [0.3, 0.4) is 0 Å². The second-order valence-electron chi connectivity index (χ2n) is 9.57. The van der Waals surface area contributed by atoms with E-state index < -0.39 is 5.97 Å². The molecule has 0 aromatic heterocycles. The molecule has 0 fully saturated rings. The fourth-order valence-electron chi connectivity index (χ4n) is 4.38. The number of carboxylic acids is 1. The van der Waals surface area contributed by atoms with E-state index >= 15 is 0 Å². The van der Waals surface area contributed by atoms with E-state index in [-0.39, 0.29) is 23.5 Å². The van der Waals surface area contributed by atoms with Crippen molar-refractivity contribution in [3.05, 3.63) is 71.0 Å². The molecule has 8 nitrogen and oxygen atoms in total. The number of ether oxygens (including phenoxy) is 2. The maximum absolute atomic E-state index is 10.5. The number of phenolic OH excluding ortho intramolecular Hbond substituents is 2. The summed E-state index contributed by atoms with van der Waals surface area (Å²) in [5, 5.41) is 47.3. The summed E-state index contributed by atoms with van der Waals surface area (Å²) in [6.45, 7) is 0.510. The normalized spacial score (nSPS) is 12.2. The molecule has 0 saturated heterocycles. The van der Waals surface area contributed by atoms with Gasteiger partial charge in [-0.15, -0.1) is 0 Å². The van der Waals surface area contributed by atoms with E-state index in [1.807, 2.05) is 12.1 Å². The van der Waals surface area contributed by atoms with Gasteiger partial charge in [0.05, 0.1) is 6.61 Å². The van der Waals surface area contributed by atoms with Crippen LogP contribution < -0.4 is 9.47 Å². The Morgan fingerprint density at radius 1 is 0.850 bits per heavy atom. The van der Waals surface area contributed by atoms with Gasteiger partial charge in [0.2, 0.25) is 0 Å². The number of fused-ring (bicyclic) bond motifs is 1. The van der Waals surface area contributed by atoms with Gasteiger partial charge in [0, 0.05) is 29.2 Å². The summed E-state index contributed by atoms with van der Waals surface area (Å²) in [7, 11) is 0. The van der Waals surface area contributed by atoms with Gasteiger partial charge in [-0.05, 0) is 61.4 Å². The summed E-state index contributed by atoms with van der Waals surface area (Å²) in [5.41, 5.74) is 1.46. The lowest BCUT2D eigenvalue weighted by atomic mass is 9.97. The van der Waals surface area contributed by atoms with Crippen molar-refractivity contribution in [3.63, 3.8) is 0 Å². The van der Waals surface area contributed by atoms with E-state index in [1.165, 1.54) is 12.1 Å². The second kappa shape index (κ2) is 15.7. The third kappa shape index (κ3) is 9.25. The fraction of sp³-hybridized carbons (Fsp3) is 0.344. The van der Waals surface area contributed by atoms with E-state index in [1.54, 1.807) is 42.5 Å². The first-order valence-electron chi connectivity index (χ1n) is 13.5. The Kier molecular flexibility index (Phi) is 11.7. The smallest absolute Gasteiger partial charge is 0.303 e. The number of aliphatic carboxylic acids is 1. The van der Waals surface area contributed by atoms with Crippen LogP contribution in [0.4, 0.5) is 0 Å². The quantitative estimate of drug-likeness (QED) is 0.158. The number of unbranched alkanes of at least 4 members (excludes halogenated alkanes) is 8. The van der Waals surface area contributed by atoms with E-state index in [9.17, 15) is 25.5 Å². The van der Waals surface area contributed by atoms with Gasteiger partial charge in [0.1, 0.15) is 46.5 Å². The number of rotatable bonds is 15. The summed E-state index contributed by atoms with van der Waals surface area (Å²) >= 11 is 0. The molecule has 0 radical (unpaired) electrons. The first-order chi connectivity index (χ1) is 19.4. The molecule has 40 heavy (non-hydrogen) atoms. The maximum atomic E-state index is 10.5. The zero-order valence-electron chi connectivity index (χ0n) is 22.4. The van der Waals surface area contributed by atoms with Crippen molar-refractivity contribution in [2.24, 2.45) is 0 Å². The van der Waals surface area contributed by atoms with E-state index in [0.29, 0.717) is 35.0 Å². The summed E-state index contributed by atoms with van der Waals surface area (Å²) in [4.78, 5) is 10.5. The molecule has 0 saturated carbocycles. The molecule has 0 spiro atoms. The lowest BCUT2D eigenvalue weighted by Crippen LogP contribution is -2.04. The molecule has 2 aromatic carbocycles. The van der Waals surface area contributed by atoms with Crippen molar-refractivity contribution >= 4 is 17.6 Å². The molecule has 0 amide bonds. The molecule has 3 N–H and O–H groups in total. The third-order valence-corrected chi connectivity index (χ3v) is 6.48. The number of aromatic hydroxyl groups is 2. The van der Waals surface area contributed by atoms with Crippen LogP contribution >= 0.6 is 0 Å². The number of hydrogen-bond acceptors (Lipinski definition) is 7. The molecule has 8 heteroatoms. The first kappa shape index (κ1) is 29.9. The lowest BCUT2D eigenvalue weighted by molar-refractivity contribution is -0.137. The Bertz CT molecular complexity index is 1340. The van der Waals surface area contributed by atoms with Crippen LogP contribution in [-0.2, 0) is 4.79 Å². The number of allylic oxidation sites excluding steroid dienone is 4. The van der Waals surface area contributed by atoms with Crippen LogP contribution in [0, 0.1) is 22.7 Å². The molecule has 1 aliphatic rings. The fourth-order valence-corrected chi connectivity index (χ4v) is 4.38. The first-order valence-corrected chi connectivity index (χ1v) is 13.5. The Morgan fingerprint density at radius 3 is 2.15 bits per heavy atom. The van der Waals surface area contributed by atoms with Crippen molar-refractivity contribution in [1.82, 2.24) is 0 Å². The molecule has 0 aliphatic carbocycles.